The Bertz CT molecular complexity index is 354. The van der Waals surface area contributed by atoms with E-state index in [9.17, 15) is 4.39 Å². The van der Waals surface area contributed by atoms with Gasteiger partial charge in [0.2, 0.25) is 5.95 Å². The molecule has 0 saturated carbocycles. The van der Waals surface area contributed by atoms with Gasteiger partial charge in [-0.15, -0.1) is 0 Å². The third-order valence-electron chi connectivity index (χ3n) is 1.30. The zero-order valence-electron chi connectivity index (χ0n) is 6.85. The van der Waals surface area contributed by atoms with E-state index in [1.54, 1.807) is 0 Å². The van der Waals surface area contributed by atoms with E-state index in [0.29, 0.717) is 18.5 Å². The van der Waals surface area contributed by atoms with Gasteiger partial charge in [-0.3, -0.25) is 0 Å². The lowest BCUT2D eigenvalue weighted by Crippen LogP contribution is -1.95. The molecule has 2 N–H and O–H groups in total. The van der Waals surface area contributed by atoms with Crippen LogP contribution >= 0.6 is 11.6 Å². The molecule has 0 radical (unpaired) electrons. The summed E-state index contributed by atoms with van der Waals surface area (Å²) in [6, 6.07) is 1.44. The summed E-state index contributed by atoms with van der Waals surface area (Å²) < 4.78 is 12.6. The van der Waals surface area contributed by atoms with Gasteiger partial charge < -0.3 is 5.73 Å². The minimum absolute atomic E-state index is 0.0143. The lowest BCUT2D eigenvalue weighted by Gasteiger charge is -1.92. The van der Waals surface area contributed by atoms with Gasteiger partial charge in [0.25, 0.3) is 0 Å². The Morgan fingerprint density at radius 3 is 3.00 bits per heavy atom. The molecular weight excluding hydrogens is 191 g/mol. The van der Waals surface area contributed by atoms with Crippen LogP contribution in [0.2, 0.25) is 5.02 Å². The monoisotopic (exact) mass is 198 g/mol. The van der Waals surface area contributed by atoms with Gasteiger partial charge in [-0.1, -0.05) is 23.4 Å². The normalized spacial score (nSPS) is 9.15. The van der Waals surface area contributed by atoms with Gasteiger partial charge in [0, 0.05) is 24.7 Å². The number of nitrogens with zero attached hydrogens (tertiary/aromatic N) is 1. The minimum atomic E-state index is -0.675. The molecule has 0 aromatic carbocycles. The third kappa shape index (κ3) is 3.02. The molecule has 0 unspecified atom stereocenters. The van der Waals surface area contributed by atoms with Crippen LogP contribution in [0.3, 0.4) is 0 Å². The number of hydrogen-bond donors (Lipinski definition) is 1. The Morgan fingerprint density at radius 1 is 1.62 bits per heavy atom. The fourth-order valence-electron chi connectivity index (χ4n) is 0.726. The van der Waals surface area contributed by atoms with Crippen LogP contribution in [-0.4, -0.2) is 11.5 Å². The maximum atomic E-state index is 12.6. The van der Waals surface area contributed by atoms with Crippen molar-refractivity contribution in [3.8, 4) is 11.8 Å². The summed E-state index contributed by atoms with van der Waals surface area (Å²) in [5, 5.41) is -0.0143. The molecule has 0 atom stereocenters. The van der Waals surface area contributed by atoms with Crippen LogP contribution in [0.25, 0.3) is 0 Å². The van der Waals surface area contributed by atoms with E-state index in [2.05, 4.69) is 16.8 Å². The molecule has 4 heteroatoms. The van der Waals surface area contributed by atoms with Gasteiger partial charge in [0.05, 0.1) is 5.02 Å². The number of pyridine rings is 1. The average molecular weight is 199 g/mol. The Labute approximate surface area is 80.9 Å². The molecule has 0 aliphatic carbocycles. The Hall–Kier alpha value is -1.11. The summed E-state index contributed by atoms with van der Waals surface area (Å²) in [5.74, 6) is 4.90. The first-order valence-electron chi connectivity index (χ1n) is 3.74. The van der Waals surface area contributed by atoms with Gasteiger partial charge in [-0.05, 0) is 6.07 Å². The van der Waals surface area contributed by atoms with Crippen molar-refractivity contribution in [2.24, 2.45) is 5.73 Å². The first-order chi connectivity index (χ1) is 6.24. The van der Waals surface area contributed by atoms with E-state index < -0.39 is 5.95 Å². The predicted molar refractivity (Wildman–Crippen MR) is 49.8 cm³/mol. The molecule has 1 heterocycles. The molecule has 0 fully saturated rings. The van der Waals surface area contributed by atoms with Gasteiger partial charge in [-0.25, -0.2) is 4.98 Å². The highest BCUT2D eigenvalue weighted by atomic mass is 35.5. The van der Waals surface area contributed by atoms with Gasteiger partial charge in [0.15, 0.2) is 0 Å². The molecule has 2 nitrogen and oxygen atoms in total. The second kappa shape index (κ2) is 4.80. The van der Waals surface area contributed by atoms with Crippen LogP contribution in [0.5, 0.6) is 0 Å². The smallest absolute Gasteiger partial charge is 0.231 e. The number of nitrogens with two attached hydrogens (primary N) is 1. The number of aromatic nitrogens is 1. The van der Waals surface area contributed by atoms with Crippen LogP contribution in [0.15, 0.2) is 12.3 Å². The molecular formula is C9H8ClFN2. The molecule has 0 saturated heterocycles. The summed E-state index contributed by atoms with van der Waals surface area (Å²) >= 11 is 5.50. The van der Waals surface area contributed by atoms with Crippen molar-refractivity contribution < 1.29 is 4.39 Å². The highest BCUT2D eigenvalue weighted by Gasteiger charge is 1.99. The Kier molecular flexibility index (Phi) is 3.69. The van der Waals surface area contributed by atoms with E-state index >= 15 is 0 Å². The van der Waals surface area contributed by atoms with Crippen molar-refractivity contribution in [1.82, 2.24) is 4.98 Å². The maximum absolute atomic E-state index is 12.6. The van der Waals surface area contributed by atoms with Gasteiger partial charge in [0.1, 0.15) is 0 Å². The standard InChI is InChI=1S/C9H8ClFN2/c10-8-5-7(3-1-2-4-12)6-13-9(8)11/h5-6H,2,4,12H2. The van der Waals surface area contributed by atoms with Crippen LogP contribution in [0.4, 0.5) is 4.39 Å². The van der Waals surface area contributed by atoms with Crippen LogP contribution in [0, 0.1) is 17.8 Å². The van der Waals surface area contributed by atoms with Crippen molar-refractivity contribution in [1.29, 1.82) is 0 Å². The van der Waals surface area contributed by atoms with Crippen molar-refractivity contribution in [3.63, 3.8) is 0 Å². The van der Waals surface area contributed by atoms with Gasteiger partial charge in [-0.2, -0.15) is 4.39 Å². The SMILES string of the molecule is NCCC#Cc1cnc(F)c(Cl)c1. The zero-order valence-corrected chi connectivity index (χ0v) is 7.61. The molecule has 1 rings (SSSR count). The highest BCUT2D eigenvalue weighted by Crippen LogP contribution is 2.12. The summed E-state index contributed by atoms with van der Waals surface area (Å²) in [6.45, 7) is 0.509. The quantitative estimate of drug-likeness (QED) is 0.550. The summed E-state index contributed by atoms with van der Waals surface area (Å²) in [4.78, 5) is 3.43. The van der Waals surface area contributed by atoms with E-state index in [4.69, 9.17) is 17.3 Å². The first-order valence-corrected chi connectivity index (χ1v) is 4.12. The molecule has 0 aliphatic rings. The molecule has 0 spiro atoms. The van der Waals surface area contributed by atoms with Crippen molar-refractivity contribution in [2.75, 3.05) is 6.54 Å². The second-order valence-electron chi connectivity index (χ2n) is 2.34. The summed E-state index contributed by atoms with van der Waals surface area (Å²) in [5.41, 5.74) is 5.84. The van der Waals surface area contributed by atoms with E-state index in [1.807, 2.05) is 0 Å². The fourth-order valence-corrected chi connectivity index (χ4v) is 0.893. The van der Waals surface area contributed by atoms with E-state index in [-0.39, 0.29) is 5.02 Å². The van der Waals surface area contributed by atoms with Crippen LogP contribution < -0.4 is 5.73 Å². The Balaban J connectivity index is 2.81. The zero-order chi connectivity index (χ0) is 9.68. The lowest BCUT2D eigenvalue weighted by atomic mass is 10.3. The van der Waals surface area contributed by atoms with Gasteiger partial charge >= 0.3 is 0 Å². The number of rotatable bonds is 1. The van der Waals surface area contributed by atoms with Crippen LogP contribution in [-0.2, 0) is 0 Å². The van der Waals surface area contributed by atoms with Crippen molar-refractivity contribution >= 4 is 11.6 Å². The molecule has 0 bridgehead atoms. The molecule has 13 heavy (non-hydrogen) atoms. The minimum Gasteiger partial charge on any atom is -0.330 e. The lowest BCUT2D eigenvalue weighted by molar-refractivity contribution is 0.584. The molecule has 0 aliphatic heterocycles. The van der Waals surface area contributed by atoms with Crippen molar-refractivity contribution in [2.45, 2.75) is 6.42 Å². The molecule has 0 amide bonds. The van der Waals surface area contributed by atoms with E-state index in [1.165, 1.54) is 12.3 Å². The maximum Gasteiger partial charge on any atom is 0.231 e. The highest BCUT2D eigenvalue weighted by molar-refractivity contribution is 6.30. The largest absolute Gasteiger partial charge is 0.330 e. The number of halogens is 2. The molecule has 68 valence electrons. The summed E-state index contributed by atoms with van der Waals surface area (Å²) in [6.07, 6.45) is 1.94. The topological polar surface area (TPSA) is 38.9 Å². The predicted octanol–water partition coefficient (Wildman–Crippen LogP) is 1.57. The van der Waals surface area contributed by atoms with Crippen LogP contribution in [0.1, 0.15) is 12.0 Å². The van der Waals surface area contributed by atoms with E-state index in [0.717, 1.165) is 0 Å². The molecule has 1 aromatic heterocycles. The summed E-state index contributed by atoms with van der Waals surface area (Å²) in [7, 11) is 0. The Morgan fingerprint density at radius 2 is 2.38 bits per heavy atom. The number of hydrogen-bond acceptors (Lipinski definition) is 2. The second-order valence-corrected chi connectivity index (χ2v) is 2.74. The first kappa shape index (κ1) is 9.97. The molecule has 1 aromatic rings. The average Bonchev–Trinajstić information content (AvgIpc) is 2.12. The fraction of sp³-hybridized carbons (Fsp3) is 0.222. The van der Waals surface area contributed by atoms with Crippen molar-refractivity contribution in [3.05, 3.63) is 28.8 Å². The third-order valence-corrected chi connectivity index (χ3v) is 1.56.